The molecule has 0 aliphatic carbocycles. The van der Waals surface area contributed by atoms with Gasteiger partial charge in [0.1, 0.15) is 17.3 Å². The van der Waals surface area contributed by atoms with Gasteiger partial charge in [0.25, 0.3) is 0 Å². The van der Waals surface area contributed by atoms with Gasteiger partial charge in [-0.1, -0.05) is 18.2 Å². The minimum atomic E-state index is -0.386. The lowest BCUT2D eigenvalue weighted by atomic mass is 10.1. The van der Waals surface area contributed by atoms with Gasteiger partial charge in [-0.2, -0.15) is 5.10 Å². The zero-order valence-electron chi connectivity index (χ0n) is 15.8. The van der Waals surface area contributed by atoms with E-state index in [1.807, 2.05) is 31.3 Å². The summed E-state index contributed by atoms with van der Waals surface area (Å²) in [5.74, 6) is 0.575. The molecule has 0 saturated heterocycles. The van der Waals surface area contributed by atoms with Crippen LogP contribution in [0.3, 0.4) is 0 Å². The predicted octanol–water partition coefficient (Wildman–Crippen LogP) is 4.22. The van der Waals surface area contributed by atoms with E-state index < -0.39 is 0 Å². The van der Waals surface area contributed by atoms with E-state index in [0.717, 1.165) is 17.0 Å². The summed E-state index contributed by atoms with van der Waals surface area (Å²) in [5.41, 5.74) is 2.59. The minimum Gasteiger partial charge on any atom is -0.441 e. The van der Waals surface area contributed by atoms with Gasteiger partial charge in [-0.15, -0.1) is 0 Å². The first-order valence-electron chi connectivity index (χ1n) is 9.16. The summed E-state index contributed by atoms with van der Waals surface area (Å²) in [6.45, 7) is 2.40. The highest BCUT2D eigenvalue weighted by Crippen LogP contribution is 2.24. The summed E-state index contributed by atoms with van der Waals surface area (Å²) < 4.78 is 21.2. The second-order valence-corrected chi connectivity index (χ2v) is 6.62. The number of rotatable bonds is 6. The molecule has 0 radical (unpaired) electrons. The number of aryl methyl sites for hydroxylation is 1. The molecule has 2 aromatic carbocycles. The molecule has 2 heterocycles. The number of benzene rings is 2. The van der Waals surface area contributed by atoms with Crippen LogP contribution in [-0.2, 0) is 17.8 Å². The second kappa shape index (κ2) is 8.10. The van der Waals surface area contributed by atoms with Crippen LogP contribution in [0.1, 0.15) is 17.0 Å². The van der Waals surface area contributed by atoms with Gasteiger partial charge in [0.05, 0.1) is 13.0 Å². The lowest BCUT2D eigenvalue weighted by Crippen LogP contribution is -2.15. The maximum Gasteiger partial charge on any atom is 0.228 e. The Hall–Kier alpha value is -3.74. The Morgan fingerprint density at radius 2 is 1.93 bits per heavy atom. The van der Waals surface area contributed by atoms with E-state index in [-0.39, 0.29) is 18.1 Å². The van der Waals surface area contributed by atoms with Crippen LogP contribution in [0.15, 0.2) is 71.4 Å². The largest absolute Gasteiger partial charge is 0.441 e. The maximum absolute atomic E-state index is 13.7. The normalized spacial score (nSPS) is 10.8. The quantitative estimate of drug-likeness (QED) is 0.535. The van der Waals surface area contributed by atoms with E-state index >= 15 is 0 Å². The molecular formula is C22H19FN4O2. The second-order valence-electron chi connectivity index (χ2n) is 6.62. The summed E-state index contributed by atoms with van der Waals surface area (Å²) in [5, 5.41) is 6.95. The first-order valence-corrected chi connectivity index (χ1v) is 9.16. The highest BCUT2D eigenvalue weighted by molar-refractivity contribution is 5.92. The fourth-order valence-electron chi connectivity index (χ4n) is 2.96. The SMILES string of the molecule is Cc1oc(-c2ccc(NC(=O)Cc3ccccc3F)cc2)nc1Cn1cccn1. The molecule has 2 aromatic heterocycles. The van der Waals surface area contributed by atoms with Gasteiger partial charge >= 0.3 is 0 Å². The van der Waals surface area contributed by atoms with Crippen molar-refractivity contribution in [3.63, 3.8) is 0 Å². The molecule has 7 heteroatoms. The molecular weight excluding hydrogens is 371 g/mol. The third-order valence-electron chi connectivity index (χ3n) is 4.49. The summed E-state index contributed by atoms with van der Waals surface area (Å²) in [6.07, 6.45) is 3.56. The molecule has 0 fully saturated rings. The average Bonchev–Trinajstić information content (AvgIpc) is 3.35. The van der Waals surface area contributed by atoms with Gasteiger partial charge in [-0.25, -0.2) is 9.37 Å². The lowest BCUT2D eigenvalue weighted by molar-refractivity contribution is -0.115. The van der Waals surface area contributed by atoms with Crippen molar-refractivity contribution in [2.24, 2.45) is 0 Å². The van der Waals surface area contributed by atoms with E-state index in [4.69, 9.17) is 4.42 Å². The lowest BCUT2D eigenvalue weighted by Gasteiger charge is -2.06. The van der Waals surface area contributed by atoms with Crippen LogP contribution < -0.4 is 5.32 Å². The van der Waals surface area contributed by atoms with E-state index in [2.05, 4.69) is 15.4 Å². The Bertz CT molecular complexity index is 1120. The Labute approximate surface area is 167 Å². The molecule has 0 unspecified atom stereocenters. The number of carbonyl (C=O) groups excluding carboxylic acids is 1. The van der Waals surface area contributed by atoms with Crippen LogP contribution in [0.4, 0.5) is 10.1 Å². The first kappa shape index (κ1) is 18.6. The molecule has 4 rings (SSSR count). The molecule has 0 aliphatic heterocycles. The smallest absolute Gasteiger partial charge is 0.228 e. The Kier molecular flexibility index (Phi) is 5.20. The van der Waals surface area contributed by atoms with Crippen molar-refractivity contribution in [3.05, 3.63) is 89.8 Å². The summed E-state index contributed by atoms with van der Waals surface area (Å²) >= 11 is 0. The summed E-state index contributed by atoms with van der Waals surface area (Å²) in [4.78, 5) is 16.7. The molecule has 0 aliphatic rings. The molecule has 6 nitrogen and oxygen atoms in total. The fourth-order valence-corrected chi connectivity index (χ4v) is 2.96. The molecule has 1 N–H and O–H groups in total. The van der Waals surface area contributed by atoms with Crippen molar-refractivity contribution in [2.75, 3.05) is 5.32 Å². The van der Waals surface area contributed by atoms with Crippen molar-refractivity contribution in [1.82, 2.24) is 14.8 Å². The third-order valence-corrected chi connectivity index (χ3v) is 4.49. The average molecular weight is 390 g/mol. The van der Waals surface area contributed by atoms with Crippen LogP contribution in [0.2, 0.25) is 0 Å². The number of oxazole rings is 1. The van der Waals surface area contributed by atoms with Crippen molar-refractivity contribution >= 4 is 11.6 Å². The van der Waals surface area contributed by atoms with Gasteiger partial charge in [-0.3, -0.25) is 9.48 Å². The number of aromatic nitrogens is 3. The molecule has 0 bridgehead atoms. The standard InChI is InChI=1S/C22H19FN4O2/c1-15-20(14-27-12-4-11-24-27)26-22(29-15)16-7-9-18(10-8-16)25-21(28)13-17-5-2-3-6-19(17)23/h2-12H,13-14H2,1H3,(H,25,28). The maximum atomic E-state index is 13.7. The number of carbonyl (C=O) groups is 1. The highest BCUT2D eigenvalue weighted by atomic mass is 19.1. The number of halogens is 1. The molecule has 0 atom stereocenters. The topological polar surface area (TPSA) is 73.0 Å². The monoisotopic (exact) mass is 390 g/mol. The molecule has 0 saturated carbocycles. The number of nitrogens with zero attached hydrogens (tertiary/aromatic N) is 3. The minimum absolute atomic E-state index is 0.0237. The Morgan fingerprint density at radius 1 is 1.14 bits per heavy atom. The van der Waals surface area contributed by atoms with Crippen LogP contribution in [0.25, 0.3) is 11.5 Å². The van der Waals surface area contributed by atoms with Crippen molar-refractivity contribution in [3.8, 4) is 11.5 Å². The number of amides is 1. The molecule has 4 aromatic rings. The van der Waals surface area contributed by atoms with Gasteiger partial charge in [-0.05, 0) is 48.9 Å². The van der Waals surface area contributed by atoms with E-state index in [1.54, 1.807) is 41.2 Å². The van der Waals surface area contributed by atoms with Crippen molar-refractivity contribution < 1.29 is 13.6 Å². The molecule has 146 valence electrons. The fraction of sp³-hybridized carbons (Fsp3) is 0.136. The van der Waals surface area contributed by atoms with Gasteiger partial charge in [0.2, 0.25) is 11.8 Å². The van der Waals surface area contributed by atoms with Crippen molar-refractivity contribution in [1.29, 1.82) is 0 Å². The zero-order valence-corrected chi connectivity index (χ0v) is 15.8. The van der Waals surface area contributed by atoms with Gasteiger partial charge in [0, 0.05) is 23.6 Å². The van der Waals surface area contributed by atoms with Crippen LogP contribution in [-0.4, -0.2) is 20.7 Å². The third kappa shape index (κ3) is 4.40. The van der Waals surface area contributed by atoms with Crippen LogP contribution >= 0.6 is 0 Å². The van der Waals surface area contributed by atoms with E-state index in [0.29, 0.717) is 23.7 Å². The van der Waals surface area contributed by atoms with Crippen LogP contribution in [0.5, 0.6) is 0 Å². The Balaban J connectivity index is 1.43. The van der Waals surface area contributed by atoms with Gasteiger partial charge < -0.3 is 9.73 Å². The van der Waals surface area contributed by atoms with E-state index in [9.17, 15) is 9.18 Å². The molecule has 29 heavy (non-hydrogen) atoms. The number of hydrogen-bond donors (Lipinski definition) is 1. The molecule has 1 amide bonds. The first-order chi connectivity index (χ1) is 14.1. The Morgan fingerprint density at radius 3 is 2.66 bits per heavy atom. The predicted molar refractivity (Wildman–Crippen MR) is 107 cm³/mol. The van der Waals surface area contributed by atoms with Crippen LogP contribution in [0, 0.1) is 12.7 Å². The number of hydrogen-bond acceptors (Lipinski definition) is 4. The number of anilines is 1. The summed E-state index contributed by atoms with van der Waals surface area (Å²) in [6, 6.07) is 15.3. The number of nitrogens with one attached hydrogen (secondary N) is 1. The highest BCUT2D eigenvalue weighted by Gasteiger charge is 2.13. The molecule has 0 spiro atoms. The zero-order chi connectivity index (χ0) is 20.2. The summed E-state index contributed by atoms with van der Waals surface area (Å²) in [7, 11) is 0. The van der Waals surface area contributed by atoms with Gasteiger partial charge in [0.15, 0.2) is 0 Å². The van der Waals surface area contributed by atoms with Crippen molar-refractivity contribution in [2.45, 2.75) is 19.9 Å². The van der Waals surface area contributed by atoms with E-state index in [1.165, 1.54) is 6.07 Å².